The molecule has 3 aromatic rings. The van der Waals surface area contributed by atoms with Crippen molar-refractivity contribution in [3.05, 3.63) is 59.0 Å². The molecule has 5 saturated heterocycles. The smallest absolute Gasteiger partial charge is 0.261 e. The Balaban J connectivity index is 0.703. The lowest BCUT2D eigenvalue weighted by atomic mass is 9.87. The van der Waals surface area contributed by atoms with E-state index in [9.17, 15) is 19.2 Å². The molecule has 0 aliphatic carbocycles. The number of fused-ring (bicyclic) bond motifs is 3. The molecular formula is C51H66F3N11O4S. The van der Waals surface area contributed by atoms with E-state index in [1.54, 1.807) is 13.0 Å². The van der Waals surface area contributed by atoms with Crippen LogP contribution in [0.3, 0.4) is 0 Å². The molecule has 3 atom stereocenters. The maximum Gasteiger partial charge on any atom is 0.261 e. The Bertz CT molecular complexity index is 2450. The molecule has 19 heteroatoms. The Labute approximate surface area is 413 Å². The Morgan fingerprint density at radius 2 is 1.60 bits per heavy atom. The molecule has 0 radical (unpaired) electrons. The lowest BCUT2D eigenvalue weighted by Crippen LogP contribution is -2.64. The summed E-state index contributed by atoms with van der Waals surface area (Å²) in [4.78, 5) is 72.2. The van der Waals surface area contributed by atoms with Gasteiger partial charge in [-0.1, -0.05) is 11.9 Å². The zero-order valence-corrected chi connectivity index (χ0v) is 41.5. The average Bonchev–Trinajstić information content (AvgIpc) is 3.71. The number of benzene rings is 2. The molecular weight excluding hydrogens is 920 g/mol. The molecule has 0 saturated carbocycles. The molecule has 0 spiro atoms. The van der Waals surface area contributed by atoms with Crippen LogP contribution in [-0.2, 0) is 9.59 Å². The van der Waals surface area contributed by atoms with Crippen molar-refractivity contribution in [2.24, 2.45) is 10.9 Å². The zero-order chi connectivity index (χ0) is 49.4. The number of aromatic nitrogens is 2. The van der Waals surface area contributed by atoms with E-state index >= 15 is 13.2 Å². The number of hydrogen-bond acceptors (Lipinski definition) is 14. The van der Waals surface area contributed by atoms with Crippen molar-refractivity contribution in [3.63, 3.8) is 0 Å². The van der Waals surface area contributed by atoms with Gasteiger partial charge in [0.25, 0.3) is 11.8 Å². The van der Waals surface area contributed by atoms with Gasteiger partial charge in [0.1, 0.15) is 17.2 Å². The number of hydrogen-bond donors (Lipinski definition) is 2. The molecule has 7 heterocycles. The first-order chi connectivity index (χ1) is 33.7. The largest absolute Gasteiger partial charge is 0.368 e. The van der Waals surface area contributed by atoms with Gasteiger partial charge < -0.3 is 20.0 Å². The van der Waals surface area contributed by atoms with Crippen molar-refractivity contribution in [3.8, 4) is 11.3 Å². The van der Waals surface area contributed by atoms with Crippen LogP contribution in [0.4, 0.5) is 36.2 Å². The SMILES string of the molecule is C=Nc1c(F)cc(-c2nc(NC3CCN(SC4CCN(CC5CC6CCC(C5)N6C5CN(c6cc7c(cc6F)C(=O)N(C(C)CCC(=O)NC=O)C7=O)C5)CC4)CC3)ncc2F)cc1N(CC)C(C)C. The number of aliphatic imine (C=N–C) groups is 1. The highest BCUT2D eigenvalue weighted by Crippen LogP contribution is 2.44. The molecule has 15 nitrogen and oxygen atoms in total. The molecule has 1 aromatic heterocycles. The molecule has 2 bridgehead atoms. The number of amides is 4. The van der Waals surface area contributed by atoms with Crippen LogP contribution in [-0.4, -0.2) is 154 Å². The number of piperidine rings is 3. The summed E-state index contributed by atoms with van der Waals surface area (Å²) in [6, 6.07) is 6.69. The van der Waals surface area contributed by atoms with Gasteiger partial charge in [-0.15, -0.1) is 0 Å². The van der Waals surface area contributed by atoms with Gasteiger partial charge >= 0.3 is 0 Å². The standard InChI is InChI=1S/C51H66F3N11O4S/c1-6-63(30(2)3)45-22-33(21-42(53)48(45)55-5)47-43(54)25-56-51(59-47)58-34-11-17-62(18-12-34)70-38-13-15-60(16-14-38)26-32-19-35-8-9-36(20-32)65(35)37-27-61(28-37)44-24-40-39(23-41(44)52)49(68)64(50(40)69)31(4)7-10-46(67)57-29-66/h21-25,29-32,34-38H,5-20,26-28H2,1-4H3,(H,56,58,59)(H,57,66,67). The van der Waals surface area contributed by atoms with Crippen molar-refractivity contribution in [1.29, 1.82) is 0 Å². The first-order valence-corrected chi connectivity index (χ1v) is 26.0. The van der Waals surface area contributed by atoms with E-state index in [0.29, 0.717) is 78.2 Å². The Morgan fingerprint density at radius 3 is 2.24 bits per heavy atom. The molecule has 4 amide bonds. The number of rotatable bonds is 18. The van der Waals surface area contributed by atoms with E-state index in [-0.39, 0.29) is 47.4 Å². The fourth-order valence-electron chi connectivity index (χ4n) is 12.0. The predicted octanol–water partition coefficient (Wildman–Crippen LogP) is 7.29. The van der Waals surface area contributed by atoms with Crippen molar-refractivity contribution < 1.29 is 32.3 Å². The summed E-state index contributed by atoms with van der Waals surface area (Å²) in [6.07, 6.45) is 10.5. The van der Waals surface area contributed by atoms with E-state index in [1.165, 1.54) is 43.9 Å². The van der Waals surface area contributed by atoms with Crippen LogP contribution in [0, 0.1) is 23.4 Å². The molecule has 2 N–H and O–H groups in total. The van der Waals surface area contributed by atoms with Gasteiger partial charge in [0.05, 0.1) is 28.7 Å². The lowest BCUT2D eigenvalue weighted by molar-refractivity contribution is -0.125. The third-order valence-electron chi connectivity index (χ3n) is 15.6. The fourth-order valence-corrected chi connectivity index (χ4v) is 13.3. The van der Waals surface area contributed by atoms with Gasteiger partial charge in [0, 0.05) is 92.8 Å². The molecule has 6 aliphatic rings. The van der Waals surface area contributed by atoms with Crippen LogP contribution >= 0.6 is 11.9 Å². The lowest BCUT2D eigenvalue weighted by Gasteiger charge is -2.52. The second-order valence-corrected chi connectivity index (χ2v) is 21.7. The average molecular weight is 986 g/mol. The fraction of sp³-hybridized carbons (Fsp3) is 0.588. The molecule has 6 aliphatic heterocycles. The highest BCUT2D eigenvalue weighted by molar-refractivity contribution is 7.97. The first kappa shape index (κ1) is 49.9. The highest BCUT2D eigenvalue weighted by atomic mass is 32.2. The van der Waals surface area contributed by atoms with Crippen molar-refractivity contribution in [2.45, 2.75) is 133 Å². The van der Waals surface area contributed by atoms with Crippen LogP contribution in [0.15, 0.2) is 35.5 Å². The summed E-state index contributed by atoms with van der Waals surface area (Å²) in [6.45, 7) is 18.4. The molecule has 70 heavy (non-hydrogen) atoms. The van der Waals surface area contributed by atoms with Gasteiger partial charge in [0.15, 0.2) is 11.6 Å². The second-order valence-electron chi connectivity index (χ2n) is 20.3. The van der Waals surface area contributed by atoms with E-state index in [1.807, 2.05) is 42.5 Å². The number of nitrogens with one attached hydrogen (secondary N) is 2. The third-order valence-corrected chi connectivity index (χ3v) is 17.0. The summed E-state index contributed by atoms with van der Waals surface area (Å²) in [5, 5.41) is 6.08. The van der Waals surface area contributed by atoms with Gasteiger partial charge in [-0.2, -0.15) is 0 Å². The molecule has 376 valence electrons. The minimum atomic E-state index is -0.619. The zero-order valence-electron chi connectivity index (χ0n) is 40.7. The molecule has 3 unspecified atom stereocenters. The Kier molecular flexibility index (Phi) is 15.2. The predicted molar refractivity (Wildman–Crippen MR) is 267 cm³/mol. The molecule has 5 fully saturated rings. The van der Waals surface area contributed by atoms with Gasteiger partial charge in [-0.3, -0.25) is 43.6 Å². The summed E-state index contributed by atoms with van der Waals surface area (Å²) < 4.78 is 48.6. The van der Waals surface area contributed by atoms with Crippen molar-refractivity contribution in [1.82, 2.24) is 34.3 Å². The maximum absolute atomic E-state index is 15.6. The number of nitrogens with zero attached hydrogens (tertiary/aromatic N) is 9. The van der Waals surface area contributed by atoms with E-state index in [0.717, 1.165) is 69.5 Å². The van der Waals surface area contributed by atoms with Crippen LogP contribution in [0.25, 0.3) is 11.3 Å². The number of imide groups is 2. The number of halogens is 3. The van der Waals surface area contributed by atoms with Crippen molar-refractivity contribution in [2.75, 3.05) is 67.5 Å². The maximum atomic E-state index is 15.6. The summed E-state index contributed by atoms with van der Waals surface area (Å²) in [7, 11) is 0. The number of likely N-dealkylation sites (tertiary alicyclic amines) is 1. The molecule has 9 rings (SSSR count). The Hall–Kier alpha value is -5.11. The monoisotopic (exact) mass is 985 g/mol. The van der Waals surface area contributed by atoms with Gasteiger partial charge in [-0.25, -0.2) is 23.1 Å². The molecule has 2 aromatic carbocycles. The number of carbonyl (C=O) groups is 4. The summed E-state index contributed by atoms with van der Waals surface area (Å²) >= 11 is 2.00. The normalized spacial score (nSPS) is 23.2. The summed E-state index contributed by atoms with van der Waals surface area (Å²) in [5.74, 6) is -2.27. The van der Waals surface area contributed by atoms with Crippen LogP contribution in [0.5, 0.6) is 0 Å². The van der Waals surface area contributed by atoms with E-state index < -0.39 is 41.2 Å². The highest BCUT2D eigenvalue weighted by Gasteiger charge is 2.48. The van der Waals surface area contributed by atoms with Crippen LogP contribution < -0.4 is 20.4 Å². The topological polar surface area (TPSA) is 150 Å². The third kappa shape index (κ3) is 10.3. The minimum Gasteiger partial charge on any atom is -0.368 e. The second kappa shape index (κ2) is 21.3. The van der Waals surface area contributed by atoms with E-state index in [4.69, 9.17) is 0 Å². The van der Waals surface area contributed by atoms with Crippen LogP contribution in [0.2, 0.25) is 0 Å². The van der Waals surface area contributed by atoms with Gasteiger partial charge in [-0.05, 0) is 135 Å². The first-order valence-electron chi connectivity index (χ1n) is 25.2. The number of anilines is 3. The number of carbonyl (C=O) groups excluding carboxylic acids is 4. The van der Waals surface area contributed by atoms with Gasteiger partial charge in [0.2, 0.25) is 18.3 Å². The Morgan fingerprint density at radius 1 is 0.914 bits per heavy atom. The minimum absolute atomic E-state index is 0.0265. The quantitative estimate of drug-likeness (QED) is 0.0570. The van der Waals surface area contributed by atoms with E-state index in [2.05, 4.69) is 46.4 Å². The summed E-state index contributed by atoms with van der Waals surface area (Å²) in [5.41, 5.74) is 1.63. The van der Waals surface area contributed by atoms with Crippen molar-refractivity contribution >= 4 is 65.8 Å². The van der Waals surface area contributed by atoms with Crippen LogP contribution in [0.1, 0.15) is 113 Å².